The standard InChI is InChI=1S/C22H34N4O2/c1-17-5-4-6-20(12-17)23-21(27)15-24-7-9-25(10-8-24)16-22(28)26-13-18(2)11-19(3)14-26/h4-6,12,18-19H,7-11,13-16H2,1-3H3,(H,23,27)/t18-,19-/m1/s1. The third kappa shape index (κ3) is 6.04. The molecule has 2 heterocycles. The van der Waals surface area contributed by atoms with Crippen LogP contribution in [0.4, 0.5) is 5.69 Å². The number of nitrogens with one attached hydrogen (secondary N) is 1. The summed E-state index contributed by atoms with van der Waals surface area (Å²) < 4.78 is 0. The summed E-state index contributed by atoms with van der Waals surface area (Å²) in [7, 11) is 0. The molecular formula is C22H34N4O2. The minimum absolute atomic E-state index is 0.0198. The third-order valence-electron chi connectivity index (χ3n) is 5.71. The molecule has 2 amide bonds. The van der Waals surface area contributed by atoms with Crippen molar-refractivity contribution < 1.29 is 9.59 Å². The lowest BCUT2D eigenvalue weighted by molar-refractivity contribution is -0.135. The maximum absolute atomic E-state index is 12.7. The highest BCUT2D eigenvalue weighted by Crippen LogP contribution is 2.21. The first-order valence-electron chi connectivity index (χ1n) is 10.5. The van der Waals surface area contributed by atoms with Crippen LogP contribution in [0.3, 0.4) is 0 Å². The Hall–Kier alpha value is -1.92. The second-order valence-corrected chi connectivity index (χ2v) is 8.71. The largest absolute Gasteiger partial charge is 0.341 e. The van der Waals surface area contributed by atoms with Gasteiger partial charge in [-0.05, 0) is 42.9 Å². The number of amides is 2. The molecule has 0 aliphatic carbocycles. The fourth-order valence-corrected chi connectivity index (χ4v) is 4.39. The summed E-state index contributed by atoms with van der Waals surface area (Å²) in [6.45, 7) is 12.5. The number of carbonyl (C=O) groups excluding carboxylic acids is 2. The number of piperidine rings is 1. The molecule has 0 radical (unpaired) electrons. The zero-order chi connectivity index (χ0) is 20.1. The number of carbonyl (C=O) groups is 2. The summed E-state index contributed by atoms with van der Waals surface area (Å²) >= 11 is 0. The van der Waals surface area contributed by atoms with Crippen LogP contribution < -0.4 is 5.32 Å². The Labute approximate surface area is 168 Å². The fourth-order valence-electron chi connectivity index (χ4n) is 4.39. The maximum Gasteiger partial charge on any atom is 0.238 e. The summed E-state index contributed by atoms with van der Waals surface area (Å²) in [4.78, 5) is 31.4. The number of benzene rings is 1. The van der Waals surface area contributed by atoms with E-state index < -0.39 is 0 Å². The van der Waals surface area contributed by atoms with E-state index in [-0.39, 0.29) is 11.8 Å². The number of hydrogen-bond donors (Lipinski definition) is 1. The van der Waals surface area contributed by atoms with Crippen molar-refractivity contribution >= 4 is 17.5 Å². The molecule has 0 spiro atoms. The average Bonchev–Trinajstić information content (AvgIpc) is 2.62. The monoisotopic (exact) mass is 386 g/mol. The molecule has 1 N–H and O–H groups in total. The number of likely N-dealkylation sites (tertiary alicyclic amines) is 1. The van der Waals surface area contributed by atoms with Gasteiger partial charge in [0.15, 0.2) is 0 Å². The molecule has 2 aliphatic heterocycles. The van der Waals surface area contributed by atoms with E-state index in [2.05, 4.69) is 29.0 Å². The molecule has 28 heavy (non-hydrogen) atoms. The van der Waals surface area contributed by atoms with Crippen LogP contribution in [0.2, 0.25) is 0 Å². The van der Waals surface area contributed by atoms with Crippen molar-refractivity contribution in [3.8, 4) is 0 Å². The van der Waals surface area contributed by atoms with Crippen LogP contribution in [-0.4, -0.2) is 78.9 Å². The lowest BCUT2D eigenvalue weighted by Crippen LogP contribution is -2.52. The van der Waals surface area contributed by atoms with E-state index in [1.807, 2.05) is 36.1 Å². The van der Waals surface area contributed by atoms with Gasteiger partial charge >= 0.3 is 0 Å². The van der Waals surface area contributed by atoms with E-state index in [1.54, 1.807) is 0 Å². The van der Waals surface area contributed by atoms with Crippen LogP contribution in [0.15, 0.2) is 24.3 Å². The lowest BCUT2D eigenvalue weighted by Gasteiger charge is -2.38. The van der Waals surface area contributed by atoms with Crippen molar-refractivity contribution in [1.82, 2.24) is 14.7 Å². The minimum Gasteiger partial charge on any atom is -0.341 e. The first kappa shape index (κ1) is 20.8. The molecule has 2 aliphatic rings. The molecule has 1 aromatic carbocycles. The van der Waals surface area contributed by atoms with Gasteiger partial charge in [-0.2, -0.15) is 0 Å². The van der Waals surface area contributed by atoms with Gasteiger partial charge in [0.1, 0.15) is 0 Å². The van der Waals surface area contributed by atoms with E-state index in [4.69, 9.17) is 0 Å². The Bertz CT molecular complexity index is 675. The summed E-state index contributed by atoms with van der Waals surface area (Å²) in [6, 6.07) is 7.85. The van der Waals surface area contributed by atoms with Gasteiger partial charge in [-0.3, -0.25) is 19.4 Å². The van der Waals surface area contributed by atoms with E-state index in [9.17, 15) is 9.59 Å². The Morgan fingerprint density at radius 3 is 2.21 bits per heavy atom. The SMILES string of the molecule is Cc1cccc(NC(=O)CN2CCN(CC(=O)N3C[C@H](C)C[C@@H](C)C3)CC2)c1. The number of rotatable bonds is 5. The molecule has 6 heteroatoms. The van der Waals surface area contributed by atoms with Gasteiger partial charge in [0.25, 0.3) is 0 Å². The van der Waals surface area contributed by atoms with Crippen LogP contribution in [0.5, 0.6) is 0 Å². The topological polar surface area (TPSA) is 55.9 Å². The molecule has 2 saturated heterocycles. The summed E-state index contributed by atoms with van der Waals surface area (Å²) in [6.07, 6.45) is 1.22. The second kappa shape index (κ2) is 9.52. The average molecular weight is 387 g/mol. The van der Waals surface area contributed by atoms with Crippen LogP contribution >= 0.6 is 0 Å². The quantitative estimate of drug-likeness (QED) is 0.842. The molecule has 1 aromatic rings. The first-order valence-corrected chi connectivity index (χ1v) is 10.5. The number of anilines is 1. The molecule has 2 fully saturated rings. The molecule has 0 saturated carbocycles. The summed E-state index contributed by atoms with van der Waals surface area (Å²) in [5.74, 6) is 1.46. The first-order chi connectivity index (χ1) is 13.4. The smallest absolute Gasteiger partial charge is 0.238 e. The Morgan fingerprint density at radius 1 is 1.00 bits per heavy atom. The third-order valence-corrected chi connectivity index (χ3v) is 5.71. The molecule has 6 nitrogen and oxygen atoms in total. The van der Waals surface area contributed by atoms with E-state index >= 15 is 0 Å². The van der Waals surface area contributed by atoms with Crippen LogP contribution in [0.25, 0.3) is 0 Å². The van der Waals surface area contributed by atoms with Gasteiger partial charge in [0.05, 0.1) is 13.1 Å². The molecule has 0 bridgehead atoms. The second-order valence-electron chi connectivity index (χ2n) is 8.71. The zero-order valence-corrected chi connectivity index (χ0v) is 17.5. The lowest BCUT2D eigenvalue weighted by atomic mass is 9.92. The molecule has 0 aromatic heterocycles. The van der Waals surface area contributed by atoms with Crippen LogP contribution in [0.1, 0.15) is 25.8 Å². The number of aryl methyl sites for hydroxylation is 1. The Kier molecular flexibility index (Phi) is 7.08. The van der Waals surface area contributed by atoms with Crippen molar-refractivity contribution in [3.63, 3.8) is 0 Å². The van der Waals surface area contributed by atoms with E-state index in [1.165, 1.54) is 6.42 Å². The summed E-state index contributed by atoms with van der Waals surface area (Å²) in [5.41, 5.74) is 1.98. The highest BCUT2D eigenvalue weighted by molar-refractivity contribution is 5.92. The maximum atomic E-state index is 12.7. The van der Waals surface area contributed by atoms with Gasteiger partial charge in [-0.15, -0.1) is 0 Å². The number of nitrogens with zero attached hydrogens (tertiary/aromatic N) is 3. The molecule has 154 valence electrons. The van der Waals surface area contributed by atoms with E-state index in [0.717, 1.165) is 50.5 Å². The molecule has 3 rings (SSSR count). The van der Waals surface area contributed by atoms with Crippen molar-refractivity contribution in [2.45, 2.75) is 27.2 Å². The Morgan fingerprint density at radius 2 is 1.61 bits per heavy atom. The Balaban J connectivity index is 1.39. The molecule has 0 unspecified atom stereocenters. The predicted molar refractivity (Wildman–Crippen MR) is 112 cm³/mol. The highest BCUT2D eigenvalue weighted by atomic mass is 16.2. The molecular weight excluding hydrogens is 352 g/mol. The van der Waals surface area contributed by atoms with Crippen LogP contribution in [0, 0.1) is 18.8 Å². The zero-order valence-electron chi connectivity index (χ0n) is 17.5. The van der Waals surface area contributed by atoms with Gasteiger partial charge in [0.2, 0.25) is 11.8 Å². The number of piperazine rings is 1. The van der Waals surface area contributed by atoms with Crippen molar-refractivity contribution in [2.75, 3.05) is 57.7 Å². The molecule has 2 atom stereocenters. The van der Waals surface area contributed by atoms with Crippen molar-refractivity contribution in [3.05, 3.63) is 29.8 Å². The minimum atomic E-state index is 0.0198. The van der Waals surface area contributed by atoms with Crippen molar-refractivity contribution in [2.24, 2.45) is 11.8 Å². The van der Waals surface area contributed by atoms with Gasteiger partial charge in [-0.1, -0.05) is 26.0 Å². The highest BCUT2D eigenvalue weighted by Gasteiger charge is 2.27. The number of hydrogen-bond acceptors (Lipinski definition) is 4. The van der Waals surface area contributed by atoms with Gasteiger partial charge in [0, 0.05) is 45.0 Å². The van der Waals surface area contributed by atoms with E-state index in [0.29, 0.717) is 24.9 Å². The van der Waals surface area contributed by atoms with Crippen LogP contribution in [-0.2, 0) is 9.59 Å². The fraction of sp³-hybridized carbons (Fsp3) is 0.636. The van der Waals surface area contributed by atoms with Gasteiger partial charge in [-0.25, -0.2) is 0 Å². The predicted octanol–water partition coefficient (Wildman–Crippen LogP) is 2.06. The van der Waals surface area contributed by atoms with Crippen molar-refractivity contribution in [1.29, 1.82) is 0 Å². The summed E-state index contributed by atoms with van der Waals surface area (Å²) in [5, 5.41) is 2.97. The normalized spacial score (nSPS) is 24.2. The van der Waals surface area contributed by atoms with Gasteiger partial charge < -0.3 is 10.2 Å².